The Morgan fingerprint density at radius 3 is 2.25 bits per heavy atom. The molecular weight excluding hydrogens is 354 g/mol. The fourth-order valence-corrected chi connectivity index (χ4v) is 4.15. The monoisotopic (exact) mass is 381 g/mol. The normalized spacial score (nSPS) is 14.7. The summed E-state index contributed by atoms with van der Waals surface area (Å²) in [6, 6.07) is 7.67. The van der Waals surface area contributed by atoms with E-state index in [0.29, 0.717) is 28.3 Å². The molecule has 0 amide bonds. The highest BCUT2D eigenvalue weighted by atomic mass is 16.5. The van der Waals surface area contributed by atoms with Gasteiger partial charge in [-0.2, -0.15) is 0 Å². The zero-order valence-corrected chi connectivity index (χ0v) is 16.8. The Balaban J connectivity index is 1.61. The molecule has 28 heavy (non-hydrogen) atoms. The quantitative estimate of drug-likeness (QED) is 0.569. The second-order valence-corrected chi connectivity index (χ2v) is 7.64. The van der Waals surface area contributed by atoms with Crippen molar-refractivity contribution in [1.29, 1.82) is 0 Å². The molecule has 0 aliphatic heterocycles. The third-order valence-electron chi connectivity index (χ3n) is 5.64. The summed E-state index contributed by atoms with van der Waals surface area (Å²) >= 11 is 0. The fraction of sp³-hybridized carbons (Fsp3) is 0.435. The van der Waals surface area contributed by atoms with Crippen LogP contribution in [0.3, 0.4) is 0 Å². The lowest BCUT2D eigenvalue weighted by Crippen LogP contribution is -2.15. The number of hydrogen-bond acceptors (Lipinski definition) is 4. The van der Waals surface area contributed by atoms with E-state index >= 15 is 0 Å². The molecule has 0 atom stereocenters. The number of rotatable bonds is 6. The van der Waals surface area contributed by atoms with Gasteiger partial charge in [-0.05, 0) is 50.7 Å². The summed E-state index contributed by atoms with van der Waals surface area (Å²) in [5.74, 6) is -0.388. The Morgan fingerprint density at radius 2 is 1.68 bits per heavy atom. The molecule has 5 nitrogen and oxygen atoms in total. The van der Waals surface area contributed by atoms with E-state index in [1.165, 1.54) is 44.6 Å². The van der Waals surface area contributed by atoms with E-state index in [4.69, 9.17) is 4.74 Å². The predicted octanol–water partition coefficient (Wildman–Crippen LogP) is 4.92. The van der Waals surface area contributed by atoms with E-state index in [9.17, 15) is 14.4 Å². The highest BCUT2D eigenvalue weighted by Crippen LogP contribution is 2.32. The number of aryl methyl sites for hydroxylation is 1. The molecule has 1 N–H and O–H groups in total. The molecule has 0 bridgehead atoms. The van der Waals surface area contributed by atoms with E-state index in [2.05, 4.69) is 4.98 Å². The molecule has 1 aliphatic carbocycles. The summed E-state index contributed by atoms with van der Waals surface area (Å²) in [7, 11) is 0. The van der Waals surface area contributed by atoms with Crippen LogP contribution in [0.2, 0.25) is 0 Å². The summed E-state index contributed by atoms with van der Waals surface area (Å²) in [6.45, 7) is 4.56. The lowest BCUT2D eigenvalue weighted by molar-refractivity contribution is 0.0468. The smallest absolute Gasteiger partial charge is 0.355 e. The predicted molar refractivity (Wildman–Crippen MR) is 107 cm³/mol. The lowest BCUT2D eigenvalue weighted by Gasteiger charge is -2.22. The minimum atomic E-state index is -0.625. The number of benzene rings is 1. The van der Waals surface area contributed by atoms with Gasteiger partial charge in [-0.1, -0.05) is 43.5 Å². The van der Waals surface area contributed by atoms with E-state index in [0.717, 1.165) is 0 Å². The largest absolute Gasteiger partial charge is 0.453 e. The van der Waals surface area contributed by atoms with Crippen molar-refractivity contribution in [2.75, 3.05) is 6.61 Å². The second-order valence-electron chi connectivity index (χ2n) is 7.64. The Kier molecular flexibility index (Phi) is 6.12. The molecule has 0 saturated heterocycles. The van der Waals surface area contributed by atoms with Crippen LogP contribution in [0.4, 0.5) is 0 Å². The van der Waals surface area contributed by atoms with Crippen LogP contribution >= 0.6 is 0 Å². The van der Waals surface area contributed by atoms with Crippen molar-refractivity contribution in [2.24, 2.45) is 0 Å². The number of nitrogens with one attached hydrogen (secondary N) is 1. The van der Waals surface area contributed by atoms with E-state index in [1.54, 1.807) is 13.8 Å². The number of ether oxygens (including phenoxy) is 1. The van der Waals surface area contributed by atoms with Crippen LogP contribution < -0.4 is 0 Å². The zero-order valence-electron chi connectivity index (χ0n) is 16.8. The van der Waals surface area contributed by atoms with E-state index < -0.39 is 5.97 Å². The Labute approximate surface area is 165 Å². The van der Waals surface area contributed by atoms with E-state index in [-0.39, 0.29) is 23.9 Å². The molecule has 0 unspecified atom stereocenters. The first-order chi connectivity index (χ1) is 13.4. The van der Waals surface area contributed by atoms with Crippen molar-refractivity contribution in [3.05, 3.63) is 57.9 Å². The van der Waals surface area contributed by atoms with Gasteiger partial charge >= 0.3 is 5.97 Å². The minimum absolute atomic E-state index is 0.112. The summed E-state index contributed by atoms with van der Waals surface area (Å²) in [5, 5.41) is 0. The number of hydrogen-bond donors (Lipinski definition) is 1. The average Bonchev–Trinajstić information content (AvgIpc) is 3.01. The molecule has 0 radical (unpaired) electrons. The summed E-state index contributed by atoms with van der Waals surface area (Å²) < 4.78 is 5.19. The van der Waals surface area contributed by atoms with Crippen molar-refractivity contribution >= 4 is 17.5 Å². The van der Waals surface area contributed by atoms with Crippen LogP contribution in [-0.2, 0) is 4.74 Å². The molecule has 3 rings (SSSR count). The maximum Gasteiger partial charge on any atom is 0.355 e. The number of esters is 1. The standard InChI is InChI=1S/C23H27NO4/c1-14-21(16(3)25)15(2)24-22(14)23(27)28-13-20(26)19-11-9-18(10-12-19)17-7-5-4-6-8-17/h9-12,17,24H,4-8,13H2,1-3H3. The van der Waals surface area contributed by atoms with Crippen molar-refractivity contribution < 1.29 is 19.1 Å². The van der Waals surface area contributed by atoms with Crippen molar-refractivity contribution in [2.45, 2.75) is 58.8 Å². The number of carbonyl (C=O) groups excluding carboxylic acids is 3. The van der Waals surface area contributed by atoms with Gasteiger partial charge in [-0.3, -0.25) is 9.59 Å². The van der Waals surface area contributed by atoms with Gasteiger partial charge in [0.05, 0.1) is 0 Å². The van der Waals surface area contributed by atoms with Crippen LogP contribution in [0, 0.1) is 13.8 Å². The Bertz CT molecular complexity index is 886. The van der Waals surface area contributed by atoms with Crippen LogP contribution in [0.15, 0.2) is 24.3 Å². The molecule has 0 spiro atoms. The molecule has 1 aliphatic rings. The molecule has 1 fully saturated rings. The van der Waals surface area contributed by atoms with E-state index in [1.807, 2.05) is 24.3 Å². The third kappa shape index (κ3) is 4.24. The van der Waals surface area contributed by atoms with Gasteiger partial charge in [0.2, 0.25) is 0 Å². The number of aromatic amines is 1. The summed E-state index contributed by atoms with van der Waals surface area (Å²) in [4.78, 5) is 39.3. The SMILES string of the molecule is CC(=O)c1c(C)[nH]c(C(=O)OCC(=O)c2ccc(C3CCCCC3)cc2)c1C. The fourth-order valence-electron chi connectivity index (χ4n) is 4.15. The Hall–Kier alpha value is -2.69. The maximum atomic E-state index is 12.4. The first-order valence-corrected chi connectivity index (χ1v) is 9.89. The first-order valence-electron chi connectivity index (χ1n) is 9.89. The van der Waals surface area contributed by atoms with Gasteiger partial charge in [0, 0.05) is 16.8 Å². The number of carbonyl (C=O) groups is 3. The molecule has 2 aromatic rings. The maximum absolute atomic E-state index is 12.4. The van der Waals surface area contributed by atoms with Crippen molar-refractivity contribution in [3.63, 3.8) is 0 Å². The summed E-state index contributed by atoms with van der Waals surface area (Å²) in [6.07, 6.45) is 6.27. The molecule has 1 aromatic carbocycles. The van der Waals surface area contributed by atoms with Gasteiger partial charge in [0.25, 0.3) is 0 Å². The van der Waals surface area contributed by atoms with Crippen LogP contribution in [0.5, 0.6) is 0 Å². The first kappa shape index (κ1) is 20.1. The molecule has 5 heteroatoms. The van der Waals surface area contributed by atoms with Crippen LogP contribution in [-0.4, -0.2) is 29.1 Å². The second kappa shape index (κ2) is 8.55. The van der Waals surface area contributed by atoms with Crippen LogP contribution in [0.25, 0.3) is 0 Å². The molecule has 1 heterocycles. The zero-order chi connectivity index (χ0) is 20.3. The number of aromatic nitrogens is 1. The van der Waals surface area contributed by atoms with Crippen molar-refractivity contribution in [1.82, 2.24) is 4.98 Å². The van der Waals surface area contributed by atoms with Crippen molar-refractivity contribution in [3.8, 4) is 0 Å². The van der Waals surface area contributed by atoms with Gasteiger partial charge in [0.1, 0.15) is 5.69 Å². The number of H-pyrrole nitrogens is 1. The highest BCUT2D eigenvalue weighted by molar-refractivity contribution is 6.02. The number of ketones is 2. The molecule has 148 valence electrons. The van der Waals surface area contributed by atoms with Gasteiger partial charge < -0.3 is 9.72 Å². The molecular formula is C23H27NO4. The third-order valence-corrected chi connectivity index (χ3v) is 5.64. The topological polar surface area (TPSA) is 76.2 Å². The summed E-state index contributed by atoms with van der Waals surface area (Å²) in [5.41, 5.74) is 3.72. The lowest BCUT2D eigenvalue weighted by atomic mass is 9.84. The molecule has 1 aromatic heterocycles. The van der Waals surface area contributed by atoms with Gasteiger partial charge in [-0.25, -0.2) is 4.79 Å². The van der Waals surface area contributed by atoms with Gasteiger partial charge in [0.15, 0.2) is 18.2 Å². The van der Waals surface area contributed by atoms with Gasteiger partial charge in [-0.15, -0.1) is 0 Å². The average molecular weight is 381 g/mol. The minimum Gasteiger partial charge on any atom is -0.453 e. The van der Waals surface area contributed by atoms with Crippen LogP contribution in [0.1, 0.15) is 93.0 Å². The molecule has 1 saturated carbocycles. The highest BCUT2D eigenvalue weighted by Gasteiger charge is 2.22. The number of Topliss-reactive ketones (excluding diaryl/α,β-unsaturated/α-hetero) is 2. The Morgan fingerprint density at radius 1 is 1.04 bits per heavy atom.